The molecular formula is C12H20N2. The molecule has 2 heteroatoms. The van der Waals surface area contributed by atoms with Crippen molar-refractivity contribution in [1.29, 1.82) is 0 Å². The molecule has 0 N–H and O–H groups in total. The predicted molar refractivity (Wildman–Crippen MR) is 61.8 cm³/mol. The lowest BCUT2D eigenvalue weighted by Crippen LogP contribution is -2.17. The Kier molecular flexibility index (Phi) is 4.44. The van der Waals surface area contributed by atoms with Crippen molar-refractivity contribution in [3.05, 3.63) is 24.0 Å². The summed E-state index contributed by atoms with van der Waals surface area (Å²) in [6.07, 6.45) is 4.63. The van der Waals surface area contributed by atoms with E-state index in [1.54, 1.807) is 0 Å². The third kappa shape index (κ3) is 2.72. The average molecular weight is 192 g/mol. The Morgan fingerprint density at radius 3 is 2.29 bits per heavy atom. The highest BCUT2D eigenvalue weighted by atomic mass is 15.1. The number of nitrogens with zero attached hydrogens (tertiary/aromatic N) is 2. The van der Waals surface area contributed by atoms with Gasteiger partial charge in [0.15, 0.2) is 0 Å². The van der Waals surface area contributed by atoms with Gasteiger partial charge in [-0.1, -0.05) is 13.8 Å². The molecule has 1 aromatic heterocycles. The van der Waals surface area contributed by atoms with Crippen molar-refractivity contribution in [2.45, 2.75) is 33.6 Å². The zero-order chi connectivity index (χ0) is 10.4. The van der Waals surface area contributed by atoms with Crippen LogP contribution in [-0.4, -0.2) is 18.1 Å². The molecule has 0 saturated carbocycles. The third-order valence-electron chi connectivity index (χ3n) is 2.37. The first-order valence-corrected chi connectivity index (χ1v) is 5.54. The molecule has 78 valence electrons. The first kappa shape index (κ1) is 11.0. The van der Waals surface area contributed by atoms with Crippen molar-refractivity contribution >= 4 is 5.69 Å². The first-order valence-electron chi connectivity index (χ1n) is 5.54. The molecule has 0 atom stereocenters. The van der Waals surface area contributed by atoms with Gasteiger partial charge in [0.25, 0.3) is 0 Å². The number of aromatic nitrogens is 1. The van der Waals surface area contributed by atoms with E-state index < -0.39 is 0 Å². The Morgan fingerprint density at radius 2 is 1.79 bits per heavy atom. The molecule has 0 spiro atoms. The molecule has 1 aromatic rings. The van der Waals surface area contributed by atoms with Gasteiger partial charge in [0.2, 0.25) is 0 Å². The molecular weight excluding hydrogens is 172 g/mol. The fraction of sp³-hybridized carbons (Fsp3) is 0.583. The third-order valence-corrected chi connectivity index (χ3v) is 2.37. The van der Waals surface area contributed by atoms with Crippen LogP contribution in [-0.2, 0) is 0 Å². The largest absolute Gasteiger partial charge is 0.370 e. The standard InChI is InChI=1S/C10H14N2.C2H6/c1-9-4-5-10(8-11-9)12-6-2-3-7-12;1-2/h4-5,8H,2-3,6-7H2,1H3;1-2H3. The average Bonchev–Trinajstić information content (AvgIpc) is 2.75. The lowest BCUT2D eigenvalue weighted by Gasteiger charge is -2.16. The van der Waals surface area contributed by atoms with Crippen LogP contribution in [0, 0.1) is 6.92 Å². The molecule has 0 bridgehead atoms. The molecule has 1 saturated heterocycles. The van der Waals surface area contributed by atoms with Crippen LogP contribution in [0.3, 0.4) is 0 Å². The highest BCUT2D eigenvalue weighted by molar-refractivity contribution is 5.45. The fourth-order valence-electron chi connectivity index (χ4n) is 1.62. The molecule has 1 aliphatic rings. The van der Waals surface area contributed by atoms with E-state index in [2.05, 4.69) is 22.0 Å². The zero-order valence-electron chi connectivity index (χ0n) is 9.45. The fourth-order valence-corrected chi connectivity index (χ4v) is 1.62. The maximum absolute atomic E-state index is 4.28. The number of pyridine rings is 1. The summed E-state index contributed by atoms with van der Waals surface area (Å²) in [6, 6.07) is 4.24. The van der Waals surface area contributed by atoms with Gasteiger partial charge in [-0.2, -0.15) is 0 Å². The minimum Gasteiger partial charge on any atom is -0.370 e. The van der Waals surface area contributed by atoms with E-state index in [0.717, 1.165) is 5.69 Å². The Bertz CT molecular complexity index is 248. The maximum Gasteiger partial charge on any atom is 0.0552 e. The lowest BCUT2D eigenvalue weighted by molar-refractivity contribution is 0.949. The quantitative estimate of drug-likeness (QED) is 0.680. The molecule has 2 nitrogen and oxygen atoms in total. The second-order valence-electron chi connectivity index (χ2n) is 3.35. The summed E-state index contributed by atoms with van der Waals surface area (Å²) in [5, 5.41) is 0. The number of hydrogen-bond acceptors (Lipinski definition) is 2. The molecule has 0 radical (unpaired) electrons. The number of aryl methyl sites for hydroxylation is 1. The Balaban J connectivity index is 0.000000461. The maximum atomic E-state index is 4.28. The normalized spacial score (nSPS) is 14.9. The van der Waals surface area contributed by atoms with Crippen molar-refractivity contribution < 1.29 is 0 Å². The van der Waals surface area contributed by atoms with Gasteiger partial charge in [-0.05, 0) is 31.9 Å². The minimum absolute atomic E-state index is 1.10. The van der Waals surface area contributed by atoms with Crippen molar-refractivity contribution in [3.63, 3.8) is 0 Å². The molecule has 0 amide bonds. The summed E-state index contributed by atoms with van der Waals surface area (Å²) in [5.74, 6) is 0. The second-order valence-corrected chi connectivity index (χ2v) is 3.35. The van der Waals surface area contributed by atoms with Crippen LogP contribution in [0.25, 0.3) is 0 Å². The number of hydrogen-bond donors (Lipinski definition) is 0. The highest BCUT2D eigenvalue weighted by Gasteiger charge is 2.11. The van der Waals surface area contributed by atoms with Crippen LogP contribution in [0.15, 0.2) is 18.3 Å². The van der Waals surface area contributed by atoms with Crippen molar-refractivity contribution in [1.82, 2.24) is 4.98 Å². The van der Waals surface area contributed by atoms with Crippen molar-refractivity contribution in [2.75, 3.05) is 18.0 Å². The molecule has 1 fully saturated rings. The SMILES string of the molecule is CC.Cc1ccc(N2CCCC2)cn1. The van der Waals surface area contributed by atoms with Crippen LogP contribution in [0.2, 0.25) is 0 Å². The summed E-state index contributed by atoms with van der Waals surface area (Å²) in [6.45, 7) is 8.42. The van der Waals surface area contributed by atoms with Gasteiger partial charge in [-0.25, -0.2) is 0 Å². The summed E-state index contributed by atoms with van der Waals surface area (Å²) < 4.78 is 0. The molecule has 0 aliphatic carbocycles. The van der Waals surface area contributed by atoms with Gasteiger partial charge in [0.05, 0.1) is 11.9 Å². The van der Waals surface area contributed by atoms with Gasteiger partial charge in [-0.3, -0.25) is 4.98 Å². The van der Waals surface area contributed by atoms with E-state index >= 15 is 0 Å². The topological polar surface area (TPSA) is 16.1 Å². The van der Waals surface area contributed by atoms with Crippen LogP contribution in [0.4, 0.5) is 5.69 Å². The number of rotatable bonds is 1. The zero-order valence-corrected chi connectivity index (χ0v) is 9.45. The van der Waals surface area contributed by atoms with E-state index in [9.17, 15) is 0 Å². The van der Waals surface area contributed by atoms with Crippen LogP contribution in [0.5, 0.6) is 0 Å². The Labute approximate surface area is 87.0 Å². The van der Waals surface area contributed by atoms with Gasteiger partial charge in [-0.15, -0.1) is 0 Å². The predicted octanol–water partition coefficient (Wildman–Crippen LogP) is 3.02. The molecule has 1 aliphatic heterocycles. The molecule has 2 rings (SSSR count). The summed E-state index contributed by atoms with van der Waals surface area (Å²) in [4.78, 5) is 6.68. The van der Waals surface area contributed by atoms with E-state index in [4.69, 9.17) is 0 Å². The van der Waals surface area contributed by atoms with Crippen LogP contribution >= 0.6 is 0 Å². The first-order chi connectivity index (χ1) is 6.86. The van der Waals surface area contributed by atoms with E-state index in [1.165, 1.54) is 31.6 Å². The summed E-state index contributed by atoms with van der Waals surface area (Å²) in [7, 11) is 0. The monoisotopic (exact) mass is 192 g/mol. The van der Waals surface area contributed by atoms with Crippen molar-refractivity contribution in [3.8, 4) is 0 Å². The smallest absolute Gasteiger partial charge is 0.0552 e. The molecule has 0 aromatic carbocycles. The highest BCUT2D eigenvalue weighted by Crippen LogP contribution is 2.18. The van der Waals surface area contributed by atoms with Gasteiger partial charge in [0, 0.05) is 18.8 Å². The molecule has 14 heavy (non-hydrogen) atoms. The van der Waals surface area contributed by atoms with E-state index in [-0.39, 0.29) is 0 Å². The van der Waals surface area contributed by atoms with Gasteiger partial charge < -0.3 is 4.90 Å². The van der Waals surface area contributed by atoms with Gasteiger partial charge >= 0.3 is 0 Å². The summed E-state index contributed by atoms with van der Waals surface area (Å²) >= 11 is 0. The Morgan fingerprint density at radius 1 is 1.14 bits per heavy atom. The van der Waals surface area contributed by atoms with E-state index in [0.29, 0.717) is 0 Å². The van der Waals surface area contributed by atoms with Crippen molar-refractivity contribution in [2.24, 2.45) is 0 Å². The lowest BCUT2D eigenvalue weighted by atomic mass is 10.3. The Hall–Kier alpha value is -1.05. The molecule has 2 heterocycles. The minimum atomic E-state index is 1.10. The summed E-state index contributed by atoms with van der Waals surface area (Å²) in [5.41, 5.74) is 2.37. The van der Waals surface area contributed by atoms with Crippen LogP contribution < -0.4 is 4.90 Å². The van der Waals surface area contributed by atoms with Gasteiger partial charge in [0.1, 0.15) is 0 Å². The second kappa shape index (κ2) is 5.63. The number of anilines is 1. The molecule has 0 unspecified atom stereocenters. The van der Waals surface area contributed by atoms with Crippen LogP contribution in [0.1, 0.15) is 32.4 Å². The van der Waals surface area contributed by atoms with E-state index in [1.807, 2.05) is 27.0 Å².